The molecule has 1 aromatic carbocycles. The molecule has 0 unspecified atom stereocenters. The van der Waals surface area contributed by atoms with Crippen LogP contribution < -0.4 is 0 Å². The van der Waals surface area contributed by atoms with Gasteiger partial charge in [0.15, 0.2) is 5.69 Å². The summed E-state index contributed by atoms with van der Waals surface area (Å²) < 4.78 is 1.90. The van der Waals surface area contributed by atoms with E-state index in [0.717, 1.165) is 11.3 Å². The summed E-state index contributed by atoms with van der Waals surface area (Å²) in [5, 5.41) is 9.08. The van der Waals surface area contributed by atoms with E-state index in [4.69, 9.17) is 5.26 Å². The highest BCUT2D eigenvalue weighted by molar-refractivity contribution is 5.70. The second kappa shape index (κ2) is 4.06. The Kier molecular flexibility index (Phi) is 2.72. The predicted octanol–water partition coefficient (Wildman–Crippen LogP) is 2.88. The van der Waals surface area contributed by atoms with Gasteiger partial charge in [-0.15, -0.1) is 0 Å². The van der Waals surface area contributed by atoms with Crippen LogP contribution in [-0.4, -0.2) is 9.55 Å². The molecule has 3 nitrogen and oxygen atoms in total. The first kappa shape index (κ1) is 11.4. The number of nitriles is 1. The summed E-state index contributed by atoms with van der Waals surface area (Å²) in [6, 6.07) is 6.42. The fourth-order valence-electron chi connectivity index (χ4n) is 2.05. The summed E-state index contributed by atoms with van der Waals surface area (Å²) in [7, 11) is 1.91. The molecule has 0 radical (unpaired) electrons. The highest BCUT2D eigenvalue weighted by Gasteiger charge is 2.13. The molecular formula is C14H15N3. The van der Waals surface area contributed by atoms with Crippen molar-refractivity contribution in [3.8, 4) is 17.3 Å². The molecule has 0 aliphatic heterocycles. The van der Waals surface area contributed by atoms with Crippen molar-refractivity contribution in [2.45, 2.75) is 20.8 Å². The molecule has 0 fully saturated rings. The van der Waals surface area contributed by atoms with Crippen LogP contribution in [0.15, 0.2) is 18.5 Å². The summed E-state index contributed by atoms with van der Waals surface area (Å²) in [5.74, 6) is 0. The minimum absolute atomic E-state index is 0.485. The van der Waals surface area contributed by atoms with E-state index in [-0.39, 0.29) is 0 Å². The Balaban J connectivity index is 2.73. The molecule has 2 aromatic rings. The van der Waals surface area contributed by atoms with E-state index in [1.807, 2.05) is 11.6 Å². The van der Waals surface area contributed by atoms with Gasteiger partial charge in [-0.1, -0.05) is 6.07 Å². The number of imidazole rings is 1. The van der Waals surface area contributed by atoms with Gasteiger partial charge in [0.05, 0.1) is 12.0 Å². The van der Waals surface area contributed by atoms with E-state index in [1.54, 1.807) is 6.33 Å². The predicted molar refractivity (Wildman–Crippen MR) is 67.6 cm³/mol. The third-order valence-corrected chi connectivity index (χ3v) is 3.14. The lowest BCUT2D eigenvalue weighted by molar-refractivity contribution is 0.920. The van der Waals surface area contributed by atoms with Crippen LogP contribution >= 0.6 is 0 Å². The SMILES string of the molecule is Cc1cc(C)c(-c2c(C#N)ncn2C)cc1C. The van der Waals surface area contributed by atoms with Crippen molar-refractivity contribution in [3.05, 3.63) is 40.8 Å². The van der Waals surface area contributed by atoms with Crippen LogP contribution in [0.1, 0.15) is 22.4 Å². The van der Waals surface area contributed by atoms with E-state index in [0.29, 0.717) is 5.69 Å². The molecule has 0 N–H and O–H groups in total. The minimum atomic E-state index is 0.485. The van der Waals surface area contributed by atoms with Crippen LogP contribution in [0.4, 0.5) is 0 Å². The monoisotopic (exact) mass is 225 g/mol. The zero-order valence-electron chi connectivity index (χ0n) is 10.6. The maximum absolute atomic E-state index is 9.08. The molecule has 0 aliphatic rings. The maximum atomic E-state index is 9.08. The van der Waals surface area contributed by atoms with Gasteiger partial charge in [-0.05, 0) is 43.5 Å². The molecule has 0 saturated carbocycles. The number of aromatic nitrogens is 2. The Morgan fingerprint density at radius 2 is 1.76 bits per heavy atom. The first-order chi connectivity index (χ1) is 8.04. The van der Waals surface area contributed by atoms with Crippen molar-refractivity contribution in [3.63, 3.8) is 0 Å². The number of nitrogens with zero attached hydrogens (tertiary/aromatic N) is 3. The number of benzene rings is 1. The summed E-state index contributed by atoms with van der Waals surface area (Å²) in [4.78, 5) is 4.11. The lowest BCUT2D eigenvalue weighted by Gasteiger charge is -2.10. The Bertz CT molecular complexity index is 615. The highest BCUT2D eigenvalue weighted by Crippen LogP contribution is 2.28. The molecule has 0 spiro atoms. The number of aryl methyl sites for hydroxylation is 4. The average Bonchev–Trinajstić information content (AvgIpc) is 2.65. The maximum Gasteiger partial charge on any atom is 0.166 e. The largest absolute Gasteiger partial charge is 0.333 e. The molecule has 0 atom stereocenters. The first-order valence-electron chi connectivity index (χ1n) is 5.54. The van der Waals surface area contributed by atoms with Crippen molar-refractivity contribution in [1.29, 1.82) is 5.26 Å². The Hall–Kier alpha value is -2.08. The zero-order chi connectivity index (χ0) is 12.6. The lowest BCUT2D eigenvalue weighted by Crippen LogP contribution is -1.96. The van der Waals surface area contributed by atoms with Gasteiger partial charge in [0.2, 0.25) is 0 Å². The zero-order valence-corrected chi connectivity index (χ0v) is 10.6. The van der Waals surface area contributed by atoms with Crippen molar-refractivity contribution in [1.82, 2.24) is 9.55 Å². The van der Waals surface area contributed by atoms with Crippen LogP contribution in [0, 0.1) is 32.1 Å². The molecule has 0 amide bonds. The molecule has 1 heterocycles. The van der Waals surface area contributed by atoms with E-state index in [2.05, 4.69) is 44.0 Å². The fourth-order valence-corrected chi connectivity index (χ4v) is 2.05. The van der Waals surface area contributed by atoms with Crippen molar-refractivity contribution < 1.29 is 0 Å². The molecule has 3 heteroatoms. The lowest BCUT2D eigenvalue weighted by atomic mass is 9.98. The normalized spacial score (nSPS) is 10.3. The molecule has 86 valence electrons. The topological polar surface area (TPSA) is 41.6 Å². The molecular weight excluding hydrogens is 210 g/mol. The van der Waals surface area contributed by atoms with Crippen LogP contribution in [0.25, 0.3) is 11.3 Å². The van der Waals surface area contributed by atoms with Crippen molar-refractivity contribution in [2.75, 3.05) is 0 Å². The van der Waals surface area contributed by atoms with Gasteiger partial charge in [-0.25, -0.2) is 4.98 Å². The molecule has 17 heavy (non-hydrogen) atoms. The van der Waals surface area contributed by atoms with Gasteiger partial charge in [-0.3, -0.25) is 0 Å². The van der Waals surface area contributed by atoms with E-state index in [1.165, 1.54) is 16.7 Å². The molecule has 1 aromatic heterocycles. The quantitative estimate of drug-likeness (QED) is 0.748. The fraction of sp³-hybridized carbons (Fsp3) is 0.286. The molecule has 2 rings (SSSR count). The highest BCUT2D eigenvalue weighted by atomic mass is 15.0. The summed E-state index contributed by atoms with van der Waals surface area (Å²) in [6.07, 6.45) is 1.68. The van der Waals surface area contributed by atoms with Gasteiger partial charge in [-0.2, -0.15) is 5.26 Å². The second-order valence-corrected chi connectivity index (χ2v) is 4.42. The van der Waals surface area contributed by atoms with Gasteiger partial charge < -0.3 is 4.57 Å². The standard InChI is InChI=1S/C14H15N3/c1-9-5-11(3)12(6-10(9)2)14-13(7-15)16-8-17(14)4/h5-6,8H,1-4H3. The van der Waals surface area contributed by atoms with Crippen molar-refractivity contribution in [2.24, 2.45) is 7.05 Å². The van der Waals surface area contributed by atoms with Crippen LogP contribution in [0.2, 0.25) is 0 Å². The van der Waals surface area contributed by atoms with Crippen LogP contribution in [0.3, 0.4) is 0 Å². The van der Waals surface area contributed by atoms with E-state index in [9.17, 15) is 0 Å². The molecule has 0 saturated heterocycles. The van der Waals surface area contributed by atoms with Crippen molar-refractivity contribution >= 4 is 0 Å². The van der Waals surface area contributed by atoms with Gasteiger partial charge >= 0.3 is 0 Å². The molecule has 0 bridgehead atoms. The Morgan fingerprint density at radius 3 is 2.41 bits per heavy atom. The summed E-state index contributed by atoms with van der Waals surface area (Å²) in [5.41, 5.74) is 6.15. The Labute approximate surface area is 101 Å². The summed E-state index contributed by atoms with van der Waals surface area (Å²) >= 11 is 0. The Morgan fingerprint density at radius 1 is 1.12 bits per heavy atom. The first-order valence-corrected chi connectivity index (χ1v) is 5.54. The third kappa shape index (κ3) is 1.83. The van der Waals surface area contributed by atoms with Gasteiger partial charge in [0, 0.05) is 12.6 Å². The van der Waals surface area contributed by atoms with E-state index < -0.39 is 0 Å². The third-order valence-electron chi connectivity index (χ3n) is 3.14. The van der Waals surface area contributed by atoms with E-state index >= 15 is 0 Å². The number of rotatable bonds is 1. The minimum Gasteiger partial charge on any atom is -0.333 e. The number of hydrogen-bond donors (Lipinski definition) is 0. The van der Waals surface area contributed by atoms with Crippen LogP contribution in [0.5, 0.6) is 0 Å². The van der Waals surface area contributed by atoms with Gasteiger partial charge in [0.1, 0.15) is 6.07 Å². The molecule has 0 aliphatic carbocycles. The number of hydrogen-bond acceptors (Lipinski definition) is 2. The van der Waals surface area contributed by atoms with Crippen LogP contribution in [-0.2, 0) is 7.05 Å². The second-order valence-electron chi connectivity index (χ2n) is 4.42. The smallest absolute Gasteiger partial charge is 0.166 e. The van der Waals surface area contributed by atoms with Gasteiger partial charge in [0.25, 0.3) is 0 Å². The average molecular weight is 225 g/mol. The summed E-state index contributed by atoms with van der Waals surface area (Å²) in [6.45, 7) is 6.25.